The maximum Gasteiger partial charge on any atom is 0.134 e. The number of aromatic nitrogens is 2. The van der Waals surface area contributed by atoms with Crippen molar-refractivity contribution in [2.24, 2.45) is 5.92 Å². The molecule has 0 radical (unpaired) electrons. The molecule has 1 N–H and O–H groups in total. The van der Waals surface area contributed by atoms with Gasteiger partial charge in [-0.3, -0.25) is 4.90 Å². The van der Waals surface area contributed by atoms with Crippen molar-refractivity contribution in [3.63, 3.8) is 0 Å². The van der Waals surface area contributed by atoms with Crippen LogP contribution in [0.3, 0.4) is 0 Å². The third kappa shape index (κ3) is 2.71. The molecule has 0 amide bonds. The second kappa shape index (κ2) is 5.59. The topological polar surface area (TPSA) is 41.1 Å². The normalized spacial score (nSPS) is 16.4. The number of hydrogen-bond donors (Lipinski definition) is 1. The Labute approximate surface area is 101 Å². The van der Waals surface area contributed by atoms with Crippen LogP contribution in [0.2, 0.25) is 0 Å². The van der Waals surface area contributed by atoms with E-state index in [0.717, 1.165) is 29.7 Å². The quantitative estimate of drug-likeness (QED) is 0.827. The number of nitrogens with zero attached hydrogens (tertiary/aromatic N) is 3. The molecule has 0 atom stereocenters. The van der Waals surface area contributed by atoms with E-state index in [0.29, 0.717) is 0 Å². The van der Waals surface area contributed by atoms with Gasteiger partial charge in [-0.15, -0.1) is 5.10 Å². The molecule has 0 saturated heterocycles. The fourth-order valence-corrected chi connectivity index (χ4v) is 2.58. The molecule has 0 aromatic carbocycles. The summed E-state index contributed by atoms with van der Waals surface area (Å²) >= 11 is 1.44. The van der Waals surface area contributed by atoms with E-state index >= 15 is 0 Å². The van der Waals surface area contributed by atoms with Gasteiger partial charge in [0.1, 0.15) is 10.7 Å². The van der Waals surface area contributed by atoms with Crippen molar-refractivity contribution in [1.82, 2.24) is 14.5 Å². The largest absolute Gasteiger partial charge is 0.377 e. The van der Waals surface area contributed by atoms with Crippen LogP contribution in [0.15, 0.2) is 0 Å². The van der Waals surface area contributed by atoms with Crippen molar-refractivity contribution >= 4 is 16.5 Å². The van der Waals surface area contributed by atoms with E-state index in [9.17, 15) is 0 Å². The van der Waals surface area contributed by atoms with Gasteiger partial charge in [0.2, 0.25) is 0 Å². The maximum atomic E-state index is 4.19. The highest BCUT2D eigenvalue weighted by Crippen LogP contribution is 2.28. The molecule has 2 rings (SSSR count). The molecule has 0 aliphatic heterocycles. The maximum absolute atomic E-state index is 4.19. The third-order valence-electron chi connectivity index (χ3n) is 3.34. The molecule has 1 saturated carbocycles. The fourth-order valence-electron chi connectivity index (χ4n) is 2.06. The number of anilines is 1. The zero-order valence-corrected chi connectivity index (χ0v) is 10.9. The molecule has 0 bridgehead atoms. The van der Waals surface area contributed by atoms with Crippen molar-refractivity contribution in [3.8, 4) is 0 Å². The van der Waals surface area contributed by atoms with Gasteiger partial charge in [-0.05, 0) is 25.3 Å². The third-order valence-corrected chi connectivity index (χ3v) is 4.13. The minimum atomic E-state index is 0.921. The van der Waals surface area contributed by atoms with Gasteiger partial charge < -0.3 is 5.32 Å². The summed E-state index contributed by atoms with van der Waals surface area (Å²) in [7, 11) is 1.93. The lowest BCUT2D eigenvalue weighted by molar-refractivity contribution is 0.177. The number of nitrogens with one attached hydrogen (secondary N) is 1. The second-order valence-electron chi connectivity index (χ2n) is 4.42. The van der Waals surface area contributed by atoms with Crippen LogP contribution in [-0.4, -0.2) is 34.6 Å². The van der Waals surface area contributed by atoms with Crippen molar-refractivity contribution in [2.75, 3.05) is 25.5 Å². The molecule has 5 heteroatoms. The molecule has 90 valence electrons. The van der Waals surface area contributed by atoms with Gasteiger partial charge in [-0.25, -0.2) is 0 Å². The van der Waals surface area contributed by atoms with Crippen LogP contribution in [0.25, 0.3) is 0 Å². The van der Waals surface area contributed by atoms with E-state index in [-0.39, 0.29) is 0 Å². The molecule has 0 unspecified atom stereocenters. The van der Waals surface area contributed by atoms with E-state index in [1.54, 1.807) is 0 Å². The minimum Gasteiger partial charge on any atom is -0.377 e. The summed E-state index contributed by atoms with van der Waals surface area (Å²) in [6, 6.07) is 0. The molecular formula is C11H20N4S. The first kappa shape index (κ1) is 11.8. The lowest BCUT2D eigenvalue weighted by atomic mass is 9.85. The van der Waals surface area contributed by atoms with Crippen LogP contribution in [0, 0.1) is 5.92 Å². The summed E-state index contributed by atoms with van der Waals surface area (Å²) in [4.78, 5) is 2.47. The molecule has 1 fully saturated rings. The van der Waals surface area contributed by atoms with Crippen LogP contribution in [0.4, 0.5) is 5.00 Å². The predicted octanol–water partition coefficient (Wildman–Crippen LogP) is 2.20. The molecule has 1 heterocycles. The van der Waals surface area contributed by atoms with Crippen LogP contribution >= 0.6 is 11.5 Å². The van der Waals surface area contributed by atoms with Crippen LogP contribution in [0.1, 0.15) is 31.9 Å². The van der Waals surface area contributed by atoms with Crippen LogP contribution < -0.4 is 5.32 Å². The Balaban J connectivity index is 1.89. The Kier molecular flexibility index (Phi) is 4.12. The van der Waals surface area contributed by atoms with Gasteiger partial charge in [0, 0.05) is 31.7 Å². The van der Waals surface area contributed by atoms with Gasteiger partial charge in [0.25, 0.3) is 0 Å². The molecule has 1 aliphatic rings. The van der Waals surface area contributed by atoms with E-state index in [4.69, 9.17) is 0 Å². The van der Waals surface area contributed by atoms with Gasteiger partial charge in [0.15, 0.2) is 0 Å². The molecule has 16 heavy (non-hydrogen) atoms. The van der Waals surface area contributed by atoms with E-state index in [2.05, 4.69) is 26.7 Å². The van der Waals surface area contributed by atoms with Crippen LogP contribution in [0.5, 0.6) is 0 Å². The van der Waals surface area contributed by atoms with Crippen LogP contribution in [-0.2, 0) is 6.54 Å². The molecule has 1 aromatic heterocycles. The lowest BCUT2D eigenvalue weighted by Crippen LogP contribution is -2.32. The molecular weight excluding hydrogens is 220 g/mol. The van der Waals surface area contributed by atoms with E-state index < -0.39 is 0 Å². The number of rotatable bonds is 6. The van der Waals surface area contributed by atoms with Gasteiger partial charge in [-0.2, -0.15) is 0 Å². The fraction of sp³-hybridized carbons (Fsp3) is 0.818. The molecule has 4 nitrogen and oxygen atoms in total. The first-order valence-corrected chi connectivity index (χ1v) is 6.82. The first-order valence-electron chi connectivity index (χ1n) is 6.04. The molecule has 1 aromatic rings. The van der Waals surface area contributed by atoms with Gasteiger partial charge in [0.05, 0.1) is 0 Å². The number of hydrogen-bond acceptors (Lipinski definition) is 5. The van der Waals surface area contributed by atoms with Crippen molar-refractivity contribution in [3.05, 3.63) is 5.69 Å². The summed E-state index contributed by atoms with van der Waals surface area (Å²) in [5, 5.41) is 8.45. The average Bonchev–Trinajstić information content (AvgIpc) is 2.68. The van der Waals surface area contributed by atoms with E-state index in [1.165, 1.54) is 37.3 Å². The van der Waals surface area contributed by atoms with E-state index in [1.807, 2.05) is 7.05 Å². The smallest absolute Gasteiger partial charge is 0.134 e. The summed E-state index contributed by atoms with van der Waals surface area (Å²) in [6.07, 6.45) is 4.23. The zero-order chi connectivity index (χ0) is 11.4. The Morgan fingerprint density at radius 3 is 2.88 bits per heavy atom. The Morgan fingerprint density at radius 2 is 2.31 bits per heavy atom. The predicted molar refractivity (Wildman–Crippen MR) is 67.7 cm³/mol. The summed E-state index contributed by atoms with van der Waals surface area (Å²) < 4.78 is 4.00. The minimum absolute atomic E-state index is 0.921. The first-order chi connectivity index (χ1) is 7.83. The van der Waals surface area contributed by atoms with Gasteiger partial charge in [-0.1, -0.05) is 17.8 Å². The summed E-state index contributed by atoms with van der Waals surface area (Å²) in [5.74, 6) is 0.921. The highest BCUT2D eigenvalue weighted by molar-refractivity contribution is 7.10. The van der Waals surface area contributed by atoms with Crippen molar-refractivity contribution in [2.45, 2.75) is 32.7 Å². The highest BCUT2D eigenvalue weighted by Gasteiger charge is 2.21. The standard InChI is InChI=1S/C11H20N4S/c1-3-15(7-9-5-4-6-9)8-10-11(12-2)16-14-13-10/h9,12H,3-8H2,1-2H3. The second-order valence-corrected chi connectivity index (χ2v) is 5.18. The monoisotopic (exact) mass is 240 g/mol. The van der Waals surface area contributed by atoms with Crippen molar-refractivity contribution in [1.29, 1.82) is 0 Å². The van der Waals surface area contributed by atoms with Crippen molar-refractivity contribution < 1.29 is 0 Å². The SMILES string of the molecule is CCN(Cc1nnsc1NC)CC1CCC1. The zero-order valence-electron chi connectivity index (χ0n) is 10.1. The Bertz CT molecular complexity index is 322. The lowest BCUT2D eigenvalue weighted by Gasteiger charge is -2.31. The Morgan fingerprint density at radius 1 is 1.50 bits per heavy atom. The Hall–Kier alpha value is -0.680. The average molecular weight is 240 g/mol. The summed E-state index contributed by atoms with van der Waals surface area (Å²) in [5.41, 5.74) is 1.09. The molecule has 0 spiro atoms. The van der Waals surface area contributed by atoms with Gasteiger partial charge >= 0.3 is 0 Å². The highest BCUT2D eigenvalue weighted by atomic mass is 32.1. The summed E-state index contributed by atoms with van der Waals surface area (Å²) in [6.45, 7) is 5.46. The molecule has 1 aliphatic carbocycles.